The Morgan fingerprint density at radius 1 is 1.30 bits per heavy atom. The van der Waals surface area contributed by atoms with E-state index in [1.54, 1.807) is 29.8 Å². The van der Waals surface area contributed by atoms with Crippen molar-refractivity contribution in [3.63, 3.8) is 0 Å². The Kier molecular flexibility index (Phi) is 4.33. The molecule has 8 heteroatoms. The van der Waals surface area contributed by atoms with Crippen molar-refractivity contribution in [3.8, 4) is 11.4 Å². The third-order valence-electron chi connectivity index (χ3n) is 3.57. The SMILES string of the molecule is COc1ccc(-n2ccnc2SC(C)c2nnnn2C)c(C)c1. The van der Waals surface area contributed by atoms with Crippen molar-refractivity contribution in [3.05, 3.63) is 42.0 Å². The second-order valence-electron chi connectivity index (χ2n) is 5.15. The van der Waals surface area contributed by atoms with E-state index in [0.717, 1.165) is 28.0 Å². The van der Waals surface area contributed by atoms with Crippen molar-refractivity contribution >= 4 is 11.8 Å². The first kappa shape index (κ1) is 15.5. The molecule has 0 saturated carbocycles. The molecular formula is C15H18N6OS. The van der Waals surface area contributed by atoms with E-state index in [9.17, 15) is 0 Å². The molecule has 120 valence electrons. The second kappa shape index (κ2) is 6.41. The third kappa shape index (κ3) is 3.07. The molecule has 3 rings (SSSR count). The summed E-state index contributed by atoms with van der Waals surface area (Å²) in [4.78, 5) is 4.47. The summed E-state index contributed by atoms with van der Waals surface area (Å²) in [5.74, 6) is 1.66. The first-order valence-corrected chi connectivity index (χ1v) is 8.05. The molecule has 0 saturated heterocycles. The highest BCUT2D eigenvalue weighted by Crippen LogP contribution is 2.34. The van der Waals surface area contributed by atoms with Crippen LogP contribution in [0.2, 0.25) is 0 Å². The summed E-state index contributed by atoms with van der Waals surface area (Å²) < 4.78 is 9.02. The molecule has 0 spiro atoms. The van der Waals surface area contributed by atoms with Gasteiger partial charge in [0, 0.05) is 19.4 Å². The Balaban J connectivity index is 1.89. The van der Waals surface area contributed by atoms with Crippen LogP contribution in [0.1, 0.15) is 23.6 Å². The lowest BCUT2D eigenvalue weighted by Gasteiger charge is -2.14. The summed E-state index contributed by atoms with van der Waals surface area (Å²) in [5, 5.41) is 12.6. The number of thioether (sulfide) groups is 1. The Hall–Kier alpha value is -2.35. The molecule has 0 bridgehead atoms. The maximum atomic E-state index is 5.27. The highest BCUT2D eigenvalue weighted by atomic mass is 32.2. The molecule has 1 atom stereocenters. The molecule has 7 nitrogen and oxygen atoms in total. The number of rotatable bonds is 5. The van der Waals surface area contributed by atoms with Crippen molar-refractivity contribution in [1.29, 1.82) is 0 Å². The van der Waals surface area contributed by atoms with Gasteiger partial charge >= 0.3 is 0 Å². The number of aryl methyl sites for hydroxylation is 2. The van der Waals surface area contributed by atoms with Crippen LogP contribution in [0.15, 0.2) is 35.7 Å². The molecule has 0 N–H and O–H groups in total. The molecule has 2 heterocycles. The van der Waals surface area contributed by atoms with Crippen LogP contribution in [0.3, 0.4) is 0 Å². The minimum atomic E-state index is 0.0923. The Morgan fingerprint density at radius 2 is 2.13 bits per heavy atom. The summed E-state index contributed by atoms with van der Waals surface area (Å²) in [7, 11) is 3.51. The number of benzene rings is 1. The lowest BCUT2D eigenvalue weighted by atomic mass is 10.2. The predicted octanol–water partition coefficient (Wildman–Crippen LogP) is 2.57. The van der Waals surface area contributed by atoms with Crippen LogP contribution in [0.25, 0.3) is 5.69 Å². The maximum Gasteiger partial charge on any atom is 0.173 e. The second-order valence-corrected chi connectivity index (χ2v) is 6.46. The number of tetrazole rings is 1. The maximum absolute atomic E-state index is 5.27. The summed E-state index contributed by atoms with van der Waals surface area (Å²) in [6.07, 6.45) is 3.76. The number of nitrogens with zero attached hydrogens (tertiary/aromatic N) is 6. The van der Waals surface area contributed by atoms with Gasteiger partial charge in [-0.15, -0.1) is 5.10 Å². The van der Waals surface area contributed by atoms with E-state index in [1.807, 2.05) is 31.4 Å². The molecule has 0 amide bonds. The van der Waals surface area contributed by atoms with Gasteiger partial charge in [-0.3, -0.25) is 4.57 Å². The molecule has 1 unspecified atom stereocenters. The third-order valence-corrected chi connectivity index (χ3v) is 4.65. The van der Waals surface area contributed by atoms with E-state index in [0.29, 0.717) is 0 Å². The average Bonchev–Trinajstić information content (AvgIpc) is 3.16. The zero-order chi connectivity index (χ0) is 16.4. The van der Waals surface area contributed by atoms with Crippen LogP contribution in [-0.4, -0.2) is 36.9 Å². The first-order chi connectivity index (χ1) is 11.1. The van der Waals surface area contributed by atoms with Crippen LogP contribution in [0.5, 0.6) is 5.75 Å². The standard InChI is InChI=1S/C15H18N6OS/c1-10-9-12(22-4)5-6-13(10)21-8-7-16-15(21)23-11(2)14-17-18-19-20(14)3/h5-9,11H,1-4H3. The molecule has 0 fully saturated rings. The molecule has 0 aliphatic heterocycles. The fraction of sp³-hybridized carbons (Fsp3) is 0.333. The van der Waals surface area contributed by atoms with Gasteiger partial charge in [0.1, 0.15) is 5.75 Å². The quantitative estimate of drug-likeness (QED) is 0.670. The van der Waals surface area contributed by atoms with Gasteiger partial charge in [-0.1, -0.05) is 11.8 Å². The Bertz CT molecular complexity index is 812. The monoisotopic (exact) mass is 330 g/mol. The highest BCUT2D eigenvalue weighted by Gasteiger charge is 2.18. The minimum absolute atomic E-state index is 0.0923. The number of hydrogen-bond donors (Lipinski definition) is 0. The lowest BCUT2D eigenvalue weighted by Crippen LogP contribution is -2.04. The number of methoxy groups -OCH3 is 1. The van der Waals surface area contributed by atoms with Crippen LogP contribution < -0.4 is 4.74 Å². The van der Waals surface area contributed by atoms with Crippen molar-refractivity contribution in [1.82, 2.24) is 29.8 Å². The minimum Gasteiger partial charge on any atom is -0.497 e. The van der Waals surface area contributed by atoms with Crippen LogP contribution >= 0.6 is 11.8 Å². The van der Waals surface area contributed by atoms with Crippen molar-refractivity contribution in [2.75, 3.05) is 7.11 Å². The van der Waals surface area contributed by atoms with Gasteiger partial charge in [0.05, 0.1) is 18.0 Å². The predicted molar refractivity (Wildman–Crippen MR) is 87.9 cm³/mol. The normalized spacial score (nSPS) is 12.3. The molecule has 23 heavy (non-hydrogen) atoms. The molecule has 3 aromatic rings. The Morgan fingerprint density at radius 3 is 2.78 bits per heavy atom. The molecule has 2 aromatic heterocycles. The van der Waals surface area contributed by atoms with Gasteiger partial charge in [-0.05, 0) is 48.0 Å². The van der Waals surface area contributed by atoms with Crippen molar-refractivity contribution in [2.24, 2.45) is 7.05 Å². The Labute approximate surface area is 138 Å². The fourth-order valence-corrected chi connectivity index (χ4v) is 3.39. The van der Waals surface area contributed by atoms with Gasteiger partial charge in [0.2, 0.25) is 0 Å². The number of imidazole rings is 1. The van der Waals surface area contributed by atoms with Gasteiger partial charge in [0.25, 0.3) is 0 Å². The highest BCUT2D eigenvalue weighted by molar-refractivity contribution is 7.99. The summed E-state index contributed by atoms with van der Waals surface area (Å²) in [5.41, 5.74) is 2.20. The van der Waals surface area contributed by atoms with E-state index in [4.69, 9.17) is 4.74 Å². The number of aromatic nitrogens is 6. The number of hydrogen-bond acceptors (Lipinski definition) is 6. The largest absolute Gasteiger partial charge is 0.497 e. The van der Waals surface area contributed by atoms with E-state index >= 15 is 0 Å². The lowest BCUT2D eigenvalue weighted by molar-refractivity contribution is 0.414. The van der Waals surface area contributed by atoms with Crippen LogP contribution in [0, 0.1) is 6.92 Å². The smallest absolute Gasteiger partial charge is 0.173 e. The van der Waals surface area contributed by atoms with Gasteiger partial charge in [-0.2, -0.15) is 0 Å². The van der Waals surface area contributed by atoms with Crippen LogP contribution in [0.4, 0.5) is 0 Å². The first-order valence-electron chi connectivity index (χ1n) is 7.17. The molecule has 0 aliphatic carbocycles. The van der Waals surface area contributed by atoms with E-state index < -0.39 is 0 Å². The molecule has 0 aliphatic rings. The van der Waals surface area contributed by atoms with Crippen molar-refractivity contribution in [2.45, 2.75) is 24.3 Å². The van der Waals surface area contributed by atoms with Crippen molar-refractivity contribution < 1.29 is 4.74 Å². The molecular weight excluding hydrogens is 312 g/mol. The molecule has 0 radical (unpaired) electrons. The van der Waals surface area contributed by atoms with E-state index in [1.165, 1.54) is 0 Å². The summed E-state index contributed by atoms with van der Waals surface area (Å²) in [6.45, 7) is 4.12. The van der Waals surface area contributed by atoms with Gasteiger partial charge < -0.3 is 4.74 Å². The van der Waals surface area contributed by atoms with E-state index in [-0.39, 0.29) is 5.25 Å². The average molecular weight is 330 g/mol. The zero-order valence-electron chi connectivity index (χ0n) is 13.5. The fourth-order valence-electron chi connectivity index (χ4n) is 2.38. The zero-order valence-corrected chi connectivity index (χ0v) is 14.3. The van der Waals surface area contributed by atoms with E-state index in [2.05, 4.69) is 38.9 Å². The van der Waals surface area contributed by atoms with Gasteiger partial charge in [0.15, 0.2) is 11.0 Å². The van der Waals surface area contributed by atoms with Gasteiger partial charge in [-0.25, -0.2) is 9.67 Å². The topological polar surface area (TPSA) is 70.7 Å². The van der Waals surface area contributed by atoms with Crippen LogP contribution in [-0.2, 0) is 7.05 Å². The summed E-state index contributed by atoms with van der Waals surface area (Å²) in [6, 6.07) is 6.00. The molecule has 1 aromatic carbocycles. The summed E-state index contributed by atoms with van der Waals surface area (Å²) >= 11 is 1.62. The number of ether oxygens (including phenoxy) is 1.